The molecule has 0 saturated heterocycles. The highest BCUT2D eigenvalue weighted by atomic mass is 19.1. The van der Waals surface area contributed by atoms with Gasteiger partial charge in [-0.25, -0.2) is 0 Å². The van der Waals surface area contributed by atoms with E-state index in [0.29, 0.717) is 18.6 Å². The standard InChI is InChI=1S/C14H21FN2O3/c1-10(2)16(11(3)4)8-9-20-13-7-5-6-12(15)14(13)17(18)19/h5-7,10-11H,8-9H2,1-4H3. The van der Waals surface area contributed by atoms with Gasteiger partial charge in [0.2, 0.25) is 5.82 Å². The Bertz CT molecular complexity index is 456. The van der Waals surface area contributed by atoms with Crippen molar-refractivity contribution < 1.29 is 14.1 Å². The second-order valence-corrected chi connectivity index (χ2v) is 5.12. The Morgan fingerprint density at radius 2 is 1.90 bits per heavy atom. The normalized spacial score (nSPS) is 11.4. The Morgan fingerprint density at radius 3 is 2.40 bits per heavy atom. The summed E-state index contributed by atoms with van der Waals surface area (Å²) in [6, 6.07) is 4.57. The predicted octanol–water partition coefficient (Wildman–Crippen LogP) is 3.23. The summed E-state index contributed by atoms with van der Waals surface area (Å²) in [5.74, 6) is -0.903. The molecular formula is C14H21FN2O3. The van der Waals surface area contributed by atoms with Gasteiger partial charge in [-0.1, -0.05) is 6.07 Å². The van der Waals surface area contributed by atoms with E-state index in [0.717, 1.165) is 6.07 Å². The third-order valence-corrected chi connectivity index (χ3v) is 3.07. The molecule has 5 nitrogen and oxygen atoms in total. The molecule has 0 amide bonds. The lowest BCUT2D eigenvalue weighted by molar-refractivity contribution is -0.388. The number of halogens is 1. The van der Waals surface area contributed by atoms with Crippen LogP contribution in [0.3, 0.4) is 0 Å². The van der Waals surface area contributed by atoms with Crippen molar-refractivity contribution in [2.45, 2.75) is 39.8 Å². The summed E-state index contributed by atoms with van der Waals surface area (Å²) in [5, 5.41) is 10.8. The van der Waals surface area contributed by atoms with Crippen LogP contribution in [0.4, 0.5) is 10.1 Å². The number of hydrogen-bond acceptors (Lipinski definition) is 4. The number of hydrogen-bond donors (Lipinski definition) is 0. The molecule has 1 rings (SSSR count). The van der Waals surface area contributed by atoms with E-state index in [-0.39, 0.29) is 12.4 Å². The Hall–Kier alpha value is -1.69. The molecule has 0 unspecified atom stereocenters. The van der Waals surface area contributed by atoms with Crippen LogP contribution >= 0.6 is 0 Å². The molecule has 20 heavy (non-hydrogen) atoms. The van der Waals surface area contributed by atoms with Crippen LogP contribution in [0, 0.1) is 15.9 Å². The summed E-state index contributed by atoms with van der Waals surface area (Å²) in [7, 11) is 0. The summed E-state index contributed by atoms with van der Waals surface area (Å²) >= 11 is 0. The number of benzene rings is 1. The average molecular weight is 284 g/mol. The van der Waals surface area contributed by atoms with Gasteiger partial charge >= 0.3 is 5.69 Å². The lowest BCUT2D eigenvalue weighted by Crippen LogP contribution is -2.39. The predicted molar refractivity (Wildman–Crippen MR) is 75.5 cm³/mol. The molecule has 0 N–H and O–H groups in total. The Balaban J connectivity index is 2.71. The van der Waals surface area contributed by atoms with Gasteiger partial charge < -0.3 is 4.74 Å². The second-order valence-electron chi connectivity index (χ2n) is 5.12. The first-order valence-corrected chi connectivity index (χ1v) is 6.66. The van der Waals surface area contributed by atoms with Crippen LogP contribution in [0.25, 0.3) is 0 Å². The summed E-state index contributed by atoms with van der Waals surface area (Å²) in [5.41, 5.74) is -0.604. The minimum absolute atomic E-state index is 0.0255. The molecule has 0 radical (unpaired) electrons. The molecule has 0 heterocycles. The van der Waals surface area contributed by atoms with Crippen molar-refractivity contribution >= 4 is 5.69 Å². The maximum atomic E-state index is 13.4. The summed E-state index contributed by atoms with van der Waals surface area (Å²) in [6.07, 6.45) is 0. The first kappa shape index (κ1) is 16.4. The fourth-order valence-corrected chi connectivity index (χ4v) is 2.16. The summed E-state index contributed by atoms with van der Waals surface area (Å²) in [4.78, 5) is 12.3. The van der Waals surface area contributed by atoms with Crippen LogP contribution in [0.1, 0.15) is 27.7 Å². The van der Waals surface area contributed by atoms with Gasteiger partial charge in [0.15, 0.2) is 5.75 Å². The lowest BCUT2D eigenvalue weighted by Gasteiger charge is -2.30. The van der Waals surface area contributed by atoms with Gasteiger partial charge in [-0.2, -0.15) is 4.39 Å². The fraction of sp³-hybridized carbons (Fsp3) is 0.571. The van der Waals surface area contributed by atoms with Crippen molar-refractivity contribution in [3.05, 3.63) is 34.1 Å². The molecule has 0 aliphatic rings. The van der Waals surface area contributed by atoms with E-state index in [1.54, 1.807) is 0 Å². The number of nitrogens with zero attached hydrogens (tertiary/aromatic N) is 2. The highest BCUT2D eigenvalue weighted by molar-refractivity contribution is 5.47. The van der Waals surface area contributed by atoms with E-state index in [9.17, 15) is 14.5 Å². The number of nitro benzene ring substituents is 1. The molecule has 6 heteroatoms. The highest BCUT2D eigenvalue weighted by Gasteiger charge is 2.21. The zero-order valence-corrected chi connectivity index (χ0v) is 12.3. The van der Waals surface area contributed by atoms with Crippen molar-refractivity contribution in [2.24, 2.45) is 0 Å². The van der Waals surface area contributed by atoms with Gasteiger partial charge in [-0.3, -0.25) is 15.0 Å². The van der Waals surface area contributed by atoms with Crippen LogP contribution in [0.15, 0.2) is 18.2 Å². The third kappa shape index (κ3) is 4.16. The first-order chi connectivity index (χ1) is 9.34. The van der Waals surface area contributed by atoms with Crippen LogP contribution in [-0.2, 0) is 0 Å². The lowest BCUT2D eigenvalue weighted by atomic mass is 10.2. The van der Waals surface area contributed by atoms with Crippen LogP contribution in [0.5, 0.6) is 5.75 Å². The Kier molecular flexibility index (Phi) is 5.88. The van der Waals surface area contributed by atoms with E-state index in [1.165, 1.54) is 12.1 Å². The molecule has 112 valence electrons. The van der Waals surface area contributed by atoms with E-state index in [2.05, 4.69) is 32.6 Å². The van der Waals surface area contributed by atoms with Crippen molar-refractivity contribution in [3.8, 4) is 5.75 Å². The van der Waals surface area contributed by atoms with Gasteiger partial charge in [0.25, 0.3) is 0 Å². The maximum Gasteiger partial charge on any atom is 0.346 e. The van der Waals surface area contributed by atoms with Crippen molar-refractivity contribution in [1.29, 1.82) is 0 Å². The largest absolute Gasteiger partial charge is 0.485 e. The molecule has 0 fully saturated rings. The topological polar surface area (TPSA) is 55.6 Å². The molecular weight excluding hydrogens is 263 g/mol. The number of para-hydroxylation sites is 1. The fourth-order valence-electron chi connectivity index (χ4n) is 2.16. The van der Waals surface area contributed by atoms with Crippen LogP contribution in [0.2, 0.25) is 0 Å². The Morgan fingerprint density at radius 1 is 1.30 bits per heavy atom. The molecule has 1 aromatic carbocycles. The van der Waals surface area contributed by atoms with E-state index >= 15 is 0 Å². The first-order valence-electron chi connectivity index (χ1n) is 6.66. The molecule has 0 spiro atoms. The monoisotopic (exact) mass is 284 g/mol. The molecule has 0 saturated carbocycles. The van der Waals surface area contributed by atoms with E-state index < -0.39 is 16.4 Å². The van der Waals surface area contributed by atoms with Crippen molar-refractivity contribution in [3.63, 3.8) is 0 Å². The minimum atomic E-state index is -0.878. The summed E-state index contributed by atoms with van der Waals surface area (Å²) < 4.78 is 18.8. The van der Waals surface area contributed by atoms with Gasteiger partial charge in [0.1, 0.15) is 6.61 Å². The second kappa shape index (κ2) is 7.19. The number of nitro groups is 1. The number of ether oxygens (including phenoxy) is 1. The maximum absolute atomic E-state index is 13.4. The molecule has 0 aliphatic heterocycles. The average Bonchev–Trinajstić information content (AvgIpc) is 2.33. The van der Waals surface area contributed by atoms with E-state index in [1.807, 2.05) is 0 Å². The van der Waals surface area contributed by atoms with Crippen molar-refractivity contribution in [1.82, 2.24) is 4.90 Å². The molecule has 0 bridgehead atoms. The Labute approximate surface area is 118 Å². The van der Waals surface area contributed by atoms with E-state index in [4.69, 9.17) is 4.74 Å². The zero-order chi connectivity index (χ0) is 15.3. The smallest absolute Gasteiger partial charge is 0.346 e. The third-order valence-electron chi connectivity index (χ3n) is 3.07. The zero-order valence-electron chi connectivity index (χ0n) is 12.3. The number of rotatable bonds is 7. The van der Waals surface area contributed by atoms with Gasteiger partial charge in [-0.15, -0.1) is 0 Å². The van der Waals surface area contributed by atoms with Crippen molar-refractivity contribution in [2.75, 3.05) is 13.2 Å². The van der Waals surface area contributed by atoms with Crippen LogP contribution < -0.4 is 4.74 Å². The molecule has 0 atom stereocenters. The minimum Gasteiger partial charge on any atom is -0.485 e. The summed E-state index contributed by atoms with van der Waals surface area (Å²) in [6.45, 7) is 9.20. The molecule has 0 aliphatic carbocycles. The highest BCUT2D eigenvalue weighted by Crippen LogP contribution is 2.29. The van der Waals surface area contributed by atoms with Gasteiger partial charge in [-0.05, 0) is 39.8 Å². The SMILES string of the molecule is CC(C)N(CCOc1cccc(F)c1[N+](=O)[O-])C(C)C. The van der Waals surface area contributed by atoms with Crippen LogP contribution in [-0.4, -0.2) is 35.1 Å². The van der Waals surface area contributed by atoms with Gasteiger partial charge in [0.05, 0.1) is 4.92 Å². The van der Waals surface area contributed by atoms with Gasteiger partial charge in [0, 0.05) is 18.6 Å². The molecule has 0 aromatic heterocycles. The molecule has 1 aromatic rings. The quantitative estimate of drug-likeness (QED) is 0.570.